The molecule has 0 aliphatic heterocycles. The highest BCUT2D eigenvalue weighted by molar-refractivity contribution is 5.89. The van der Waals surface area contributed by atoms with E-state index < -0.39 is 23.9 Å². The van der Waals surface area contributed by atoms with Crippen LogP contribution in [0.5, 0.6) is 0 Å². The molecular weight excluding hydrogens is 272 g/mol. The van der Waals surface area contributed by atoms with E-state index in [1.54, 1.807) is 6.92 Å². The van der Waals surface area contributed by atoms with Gasteiger partial charge in [0, 0.05) is 25.1 Å². The van der Waals surface area contributed by atoms with E-state index in [1.165, 1.54) is 0 Å². The predicted molar refractivity (Wildman–Crippen MR) is 67.9 cm³/mol. The van der Waals surface area contributed by atoms with Crippen LogP contribution in [0.3, 0.4) is 0 Å². The molecule has 6 N–H and O–H groups in total. The van der Waals surface area contributed by atoms with Crippen LogP contribution in [-0.4, -0.2) is 51.7 Å². The van der Waals surface area contributed by atoms with E-state index in [0.29, 0.717) is 18.7 Å². The second-order valence-corrected chi connectivity index (χ2v) is 3.45. The number of amides is 1. The number of carboxylic acids is 3. The zero-order valence-electron chi connectivity index (χ0n) is 10.9. The van der Waals surface area contributed by atoms with Crippen LogP contribution in [0, 0.1) is 0 Å². The number of carbonyl (C=O) groups excluding carboxylic acids is 1. The van der Waals surface area contributed by atoms with Crippen molar-refractivity contribution in [2.24, 2.45) is 5.73 Å². The van der Waals surface area contributed by atoms with Gasteiger partial charge in [0.05, 0.1) is 0 Å². The standard InChI is InChI=1S/C7H14N2O3.C4H4O4/c1-2-9-6(10)4-3-5(8)7(11)12;5-3(6)1-2-4(7)8/h5H,2-4,8H2,1H3,(H,9,10)(H,11,12);1-2H,(H,5,6)(H,7,8)/b;2-1+/t5-;/m0./s1. The molecular formula is C11H18N2O7. The molecule has 0 unspecified atom stereocenters. The van der Waals surface area contributed by atoms with Crippen LogP contribution >= 0.6 is 0 Å². The number of nitrogens with one attached hydrogen (secondary N) is 1. The maximum absolute atomic E-state index is 10.8. The Hall–Kier alpha value is -2.42. The monoisotopic (exact) mass is 290 g/mol. The lowest BCUT2D eigenvalue weighted by atomic mass is 10.1. The molecule has 0 radical (unpaired) electrons. The summed E-state index contributed by atoms with van der Waals surface area (Å²) in [5.41, 5.74) is 5.18. The molecule has 1 amide bonds. The lowest BCUT2D eigenvalue weighted by molar-refractivity contribution is -0.139. The van der Waals surface area contributed by atoms with Gasteiger partial charge >= 0.3 is 17.9 Å². The average Bonchev–Trinajstić information content (AvgIpc) is 2.34. The number of carboxylic acid groups (broad SMARTS) is 3. The minimum Gasteiger partial charge on any atom is -0.480 e. The highest BCUT2D eigenvalue weighted by Gasteiger charge is 2.12. The van der Waals surface area contributed by atoms with E-state index in [4.69, 9.17) is 21.1 Å². The largest absolute Gasteiger partial charge is 0.480 e. The van der Waals surface area contributed by atoms with Gasteiger partial charge in [-0.1, -0.05) is 0 Å². The summed E-state index contributed by atoms with van der Waals surface area (Å²) in [5.74, 6) is -3.74. The van der Waals surface area contributed by atoms with Gasteiger partial charge in [0.25, 0.3) is 0 Å². The fourth-order valence-electron chi connectivity index (χ4n) is 0.838. The van der Waals surface area contributed by atoms with E-state index in [0.717, 1.165) is 0 Å². The second-order valence-electron chi connectivity index (χ2n) is 3.45. The maximum atomic E-state index is 10.8. The maximum Gasteiger partial charge on any atom is 0.328 e. The Morgan fingerprint density at radius 1 is 1.10 bits per heavy atom. The van der Waals surface area contributed by atoms with Gasteiger partial charge in [-0.15, -0.1) is 0 Å². The zero-order valence-corrected chi connectivity index (χ0v) is 10.9. The van der Waals surface area contributed by atoms with Crippen LogP contribution in [-0.2, 0) is 19.2 Å². The lowest BCUT2D eigenvalue weighted by Gasteiger charge is -2.05. The van der Waals surface area contributed by atoms with Crippen LogP contribution in [0.15, 0.2) is 12.2 Å². The summed E-state index contributed by atoms with van der Waals surface area (Å²) in [6.45, 7) is 2.36. The molecule has 0 aliphatic carbocycles. The van der Waals surface area contributed by atoms with Crippen LogP contribution in [0.2, 0.25) is 0 Å². The topological polar surface area (TPSA) is 167 Å². The number of hydrogen-bond acceptors (Lipinski definition) is 5. The van der Waals surface area contributed by atoms with Crippen molar-refractivity contribution in [2.75, 3.05) is 6.54 Å². The zero-order chi connectivity index (χ0) is 16.1. The summed E-state index contributed by atoms with van der Waals surface area (Å²) in [5, 5.41) is 26.5. The Labute approximate surface area is 115 Å². The number of hydrogen-bond donors (Lipinski definition) is 5. The quantitative estimate of drug-likeness (QED) is 0.373. The van der Waals surface area contributed by atoms with Gasteiger partial charge in [0.1, 0.15) is 6.04 Å². The molecule has 0 saturated heterocycles. The van der Waals surface area contributed by atoms with Crippen molar-refractivity contribution in [2.45, 2.75) is 25.8 Å². The van der Waals surface area contributed by atoms with Crippen molar-refractivity contribution < 1.29 is 34.5 Å². The predicted octanol–water partition coefficient (Wildman–Crippen LogP) is -0.974. The molecule has 0 aliphatic rings. The summed E-state index contributed by atoms with van der Waals surface area (Å²) in [7, 11) is 0. The van der Waals surface area contributed by atoms with Crippen molar-refractivity contribution in [1.29, 1.82) is 0 Å². The molecule has 20 heavy (non-hydrogen) atoms. The van der Waals surface area contributed by atoms with Gasteiger partial charge < -0.3 is 26.4 Å². The molecule has 0 heterocycles. The summed E-state index contributed by atoms with van der Waals surface area (Å²) >= 11 is 0. The number of nitrogens with two attached hydrogens (primary N) is 1. The minimum absolute atomic E-state index is 0.158. The molecule has 0 rings (SSSR count). The Balaban J connectivity index is 0. The third kappa shape index (κ3) is 15.6. The van der Waals surface area contributed by atoms with Crippen LogP contribution < -0.4 is 11.1 Å². The molecule has 0 aromatic heterocycles. The first-order chi connectivity index (χ1) is 9.20. The smallest absolute Gasteiger partial charge is 0.328 e. The highest BCUT2D eigenvalue weighted by Crippen LogP contribution is 1.94. The second kappa shape index (κ2) is 11.7. The van der Waals surface area contributed by atoms with E-state index >= 15 is 0 Å². The summed E-state index contributed by atoms with van der Waals surface area (Å²) in [4.78, 5) is 40.1. The number of rotatable bonds is 7. The summed E-state index contributed by atoms with van der Waals surface area (Å²) < 4.78 is 0. The van der Waals surface area contributed by atoms with Crippen molar-refractivity contribution >= 4 is 23.8 Å². The Kier molecular flexibility index (Phi) is 11.6. The molecule has 0 aromatic carbocycles. The molecule has 9 nitrogen and oxygen atoms in total. The van der Waals surface area contributed by atoms with Crippen molar-refractivity contribution in [1.82, 2.24) is 5.32 Å². The van der Waals surface area contributed by atoms with Gasteiger partial charge in [-0.05, 0) is 13.3 Å². The molecule has 0 spiro atoms. The van der Waals surface area contributed by atoms with Gasteiger partial charge in [-0.3, -0.25) is 9.59 Å². The normalized spacial score (nSPS) is 11.1. The molecule has 0 aromatic rings. The van der Waals surface area contributed by atoms with Crippen molar-refractivity contribution in [3.05, 3.63) is 12.2 Å². The first-order valence-electron chi connectivity index (χ1n) is 5.59. The Morgan fingerprint density at radius 2 is 1.55 bits per heavy atom. The molecule has 0 bridgehead atoms. The first-order valence-corrected chi connectivity index (χ1v) is 5.59. The fourth-order valence-corrected chi connectivity index (χ4v) is 0.838. The SMILES string of the molecule is CCNC(=O)CC[C@H](N)C(=O)O.O=C(O)/C=C/C(=O)O. The van der Waals surface area contributed by atoms with Gasteiger partial charge in [0.15, 0.2) is 0 Å². The fraction of sp³-hybridized carbons (Fsp3) is 0.455. The average molecular weight is 290 g/mol. The molecule has 1 atom stereocenters. The van der Waals surface area contributed by atoms with Gasteiger partial charge in [0.2, 0.25) is 5.91 Å². The van der Waals surface area contributed by atoms with E-state index in [-0.39, 0.29) is 18.7 Å². The van der Waals surface area contributed by atoms with Crippen LogP contribution in [0.4, 0.5) is 0 Å². The van der Waals surface area contributed by atoms with Crippen LogP contribution in [0.1, 0.15) is 19.8 Å². The van der Waals surface area contributed by atoms with E-state index in [2.05, 4.69) is 5.32 Å². The summed E-state index contributed by atoms with van der Waals surface area (Å²) in [6, 6.07) is -0.937. The Bertz CT molecular complexity index is 363. The van der Waals surface area contributed by atoms with E-state index in [1.807, 2.05) is 0 Å². The number of aliphatic carboxylic acids is 3. The third-order valence-corrected chi connectivity index (χ3v) is 1.74. The van der Waals surface area contributed by atoms with Crippen molar-refractivity contribution in [3.63, 3.8) is 0 Å². The molecule has 0 fully saturated rings. The molecule has 114 valence electrons. The van der Waals surface area contributed by atoms with E-state index in [9.17, 15) is 19.2 Å². The van der Waals surface area contributed by atoms with Crippen molar-refractivity contribution in [3.8, 4) is 0 Å². The molecule has 9 heteroatoms. The summed E-state index contributed by atoms with van der Waals surface area (Å²) in [6.07, 6.45) is 1.47. The van der Waals surface area contributed by atoms with Gasteiger partial charge in [-0.25, -0.2) is 9.59 Å². The van der Waals surface area contributed by atoms with Gasteiger partial charge in [-0.2, -0.15) is 0 Å². The highest BCUT2D eigenvalue weighted by atomic mass is 16.4. The third-order valence-electron chi connectivity index (χ3n) is 1.74. The first kappa shape index (κ1) is 19.9. The van der Waals surface area contributed by atoms with Crippen LogP contribution in [0.25, 0.3) is 0 Å². The Morgan fingerprint density at radius 3 is 1.85 bits per heavy atom. The molecule has 0 saturated carbocycles. The minimum atomic E-state index is -1.26. The number of carbonyl (C=O) groups is 4. The lowest BCUT2D eigenvalue weighted by Crippen LogP contribution is -2.32.